The molecule has 1 aliphatic carbocycles. The lowest BCUT2D eigenvalue weighted by Crippen LogP contribution is -2.33. The van der Waals surface area contributed by atoms with E-state index in [0.717, 1.165) is 42.0 Å². The standard InChI is InChI=1S/C21H28N4/c1-16-11-13-25(14-12-16)20-15-19(17-7-3-2-4-8-17)23-21(24-20)22-18-9-5-6-10-18/h2-4,7-8,15-16,18H,5-6,9-14H2,1H3,(H,22,23,24). The number of piperidine rings is 1. The summed E-state index contributed by atoms with van der Waals surface area (Å²) in [5.74, 6) is 2.69. The Bertz CT molecular complexity index is 686. The summed E-state index contributed by atoms with van der Waals surface area (Å²) < 4.78 is 0. The molecule has 0 radical (unpaired) electrons. The fourth-order valence-corrected chi connectivity index (χ4v) is 3.91. The Morgan fingerprint density at radius 2 is 1.68 bits per heavy atom. The van der Waals surface area contributed by atoms with E-state index in [0.29, 0.717) is 6.04 Å². The Kier molecular flexibility index (Phi) is 4.86. The van der Waals surface area contributed by atoms with Crippen LogP contribution in [0.2, 0.25) is 0 Å². The number of anilines is 2. The van der Waals surface area contributed by atoms with Gasteiger partial charge in [-0.3, -0.25) is 0 Å². The maximum atomic E-state index is 4.87. The predicted molar refractivity (Wildman–Crippen MR) is 104 cm³/mol. The first-order valence-corrected chi connectivity index (χ1v) is 9.74. The van der Waals surface area contributed by atoms with Gasteiger partial charge in [0.05, 0.1) is 5.69 Å². The summed E-state index contributed by atoms with van der Waals surface area (Å²) >= 11 is 0. The summed E-state index contributed by atoms with van der Waals surface area (Å²) in [7, 11) is 0. The Balaban J connectivity index is 1.64. The van der Waals surface area contributed by atoms with Crippen molar-refractivity contribution in [2.24, 2.45) is 5.92 Å². The van der Waals surface area contributed by atoms with Crippen molar-refractivity contribution in [2.75, 3.05) is 23.3 Å². The predicted octanol–water partition coefficient (Wildman–Crippen LogP) is 4.73. The highest BCUT2D eigenvalue weighted by Crippen LogP contribution is 2.28. The highest BCUT2D eigenvalue weighted by atomic mass is 15.2. The summed E-state index contributed by atoms with van der Waals surface area (Å²) in [6, 6.07) is 13.1. The van der Waals surface area contributed by atoms with Gasteiger partial charge >= 0.3 is 0 Å². The molecule has 0 spiro atoms. The lowest BCUT2D eigenvalue weighted by Gasteiger charge is -2.31. The van der Waals surface area contributed by atoms with Crippen molar-refractivity contribution in [3.8, 4) is 11.3 Å². The van der Waals surface area contributed by atoms with Gasteiger partial charge in [-0.2, -0.15) is 4.98 Å². The van der Waals surface area contributed by atoms with Gasteiger partial charge in [0.2, 0.25) is 5.95 Å². The van der Waals surface area contributed by atoms with E-state index in [2.05, 4.69) is 53.5 Å². The zero-order valence-corrected chi connectivity index (χ0v) is 15.1. The maximum absolute atomic E-state index is 4.87. The lowest BCUT2D eigenvalue weighted by molar-refractivity contribution is 0.436. The van der Waals surface area contributed by atoms with Crippen LogP contribution in [0, 0.1) is 5.92 Å². The number of benzene rings is 1. The molecule has 4 nitrogen and oxygen atoms in total. The minimum atomic E-state index is 0.528. The van der Waals surface area contributed by atoms with Crippen LogP contribution in [0.5, 0.6) is 0 Å². The SMILES string of the molecule is CC1CCN(c2cc(-c3ccccc3)nc(NC3CCCC3)n2)CC1. The number of rotatable bonds is 4. The molecule has 2 heterocycles. The van der Waals surface area contributed by atoms with Crippen molar-refractivity contribution < 1.29 is 0 Å². The first-order valence-electron chi connectivity index (χ1n) is 9.74. The first-order chi connectivity index (χ1) is 12.3. The number of nitrogens with zero attached hydrogens (tertiary/aromatic N) is 3. The summed E-state index contributed by atoms with van der Waals surface area (Å²) in [4.78, 5) is 12.1. The first kappa shape index (κ1) is 16.4. The van der Waals surface area contributed by atoms with Crippen LogP contribution in [0.25, 0.3) is 11.3 Å². The Morgan fingerprint density at radius 1 is 0.960 bits per heavy atom. The Morgan fingerprint density at radius 3 is 2.40 bits per heavy atom. The molecular formula is C21H28N4. The molecule has 1 aromatic heterocycles. The Labute approximate surface area is 150 Å². The molecule has 1 saturated heterocycles. The average Bonchev–Trinajstić information content (AvgIpc) is 3.16. The number of hydrogen-bond donors (Lipinski definition) is 1. The average molecular weight is 336 g/mol. The molecule has 2 aromatic rings. The number of nitrogens with one attached hydrogen (secondary N) is 1. The molecule has 1 aliphatic heterocycles. The fourth-order valence-electron chi connectivity index (χ4n) is 3.91. The second-order valence-electron chi connectivity index (χ2n) is 7.60. The van der Waals surface area contributed by atoms with Crippen LogP contribution in [0.1, 0.15) is 45.4 Å². The van der Waals surface area contributed by atoms with E-state index in [1.165, 1.54) is 38.5 Å². The summed E-state index contributed by atoms with van der Waals surface area (Å²) in [5, 5.41) is 3.59. The van der Waals surface area contributed by atoms with Crippen molar-refractivity contribution in [1.82, 2.24) is 9.97 Å². The molecular weight excluding hydrogens is 308 g/mol. The minimum Gasteiger partial charge on any atom is -0.356 e. The number of hydrogen-bond acceptors (Lipinski definition) is 4. The fraction of sp³-hybridized carbons (Fsp3) is 0.524. The van der Waals surface area contributed by atoms with E-state index in [9.17, 15) is 0 Å². The van der Waals surface area contributed by atoms with Crippen LogP contribution in [0.15, 0.2) is 36.4 Å². The van der Waals surface area contributed by atoms with Gasteiger partial charge in [0.15, 0.2) is 0 Å². The van der Waals surface area contributed by atoms with Crippen LogP contribution < -0.4 is 10.2 Å². The molecule has 25 heavy (non-hydrogen) atoms. The van der Waals surface area contributed by atoms with Crippen molar-refractivity contribution in [3.63, 3.8) is 0 Å². The van der Waals surface area contributed by atoms with Crippen molar-refractivity contribution in [3.05, 3.63) is 36.4 Å². The third-order valence-corrected chi connectivity index (χ3v) is 5.58. The van der Waals surface area contributed by atoms with Crippen molar-refractivity contribution in [2.45, 2.75) is 51.5 Å². The zero-order chi connectivity index (χ0) is 17.1. The molecule has 0 unspecified atom stereocenters. The van der Waals surface area contributed by atoms with E-state index in [4.69, 9.17) is 9.97 Å². The number of aromatic nitrogens is 2. The molecule has 0 atom stereocenters. The molecule has 1 aromatic carbocycles. The van der Waals surface area contributed by atoms with Crippen LogP contribution >= 0.6 is 0 Å². The van der Waals surface area contributed by atoms with Gasteiger partial charge in [0.1, 0.15) is 5.82 Å². The van der Waals surface area contributed by atoms with Gasteiger partial charge in [-0.1, -0.05) is 50.1 Å². The summed E-state index contributed by atoms with van der Waals surface area (Å²) in [6.45, 7) is 4.53. The van der Waals surface area contributed by atoms with Crippen LogP contribution in [-0.4, -0.2) is 29.1 Å². The van der Waals surface area contributed by atoms with Crippen LogP contribution in [-0.2, 0) is 0 Å². The minimum absolute atomic E-state index is 0.528. The summed E-state index contributed by atoms with van der Waals surface area (Å²) in [5.41, 5.74) is 2.18. The zero-order valence-electron chi connectivity index (χ0n) is 15.1. The maximum Gasteiger partial charge on any atom is 0.225 e. The third kappa shape index (κ3) is 3.94. The van der Waals surface area contributed by atoms with Crippen molar-refractivity contribution >= 4 is 11.8 Å². The summed E-state index contributed by atoms with van der Waals surface area (Å²) in [6.07, 6.45) is 7.58. The van der Waals surface area contributed by atoms with Crippen molar-refractivity contribution in [1.29, 1.82) is 0 Å². The normalized spacial score (nSPS) is 19.3. The highest BCUT2D eigenvalue weighted by molar-refractivity contribution is 5.65. The van der Waals surface area contributed by atoms with E-state index in [1.807, 2.05) is 0 Å². The van der Waals surface area contributed by atoms with Gasteiger partial charge in [0, 0.05) is 30.8 Å². The molecule has 2 fully saturated rings. The molecule has 0 bridgehead atoms. The highest BCUT2D eigenvalue weighted by Gasteiger charge is 2.20. The molecule has 0 amide bonds. The van der Waals surface area contributed by atoms with E-state index < -0.39 is 0 Å². The quantitative estimate of drug-likeness (QED) is 0.876. The van der Waals surface area contributed by atoms with Gasteiger partial charge in [0.25, 0.3) is 0 Å². The van der Waals surface area contributed by atoms with Crippen LogP contribution in [0.3, 0.4) is 0 Å². The molecule has 4 heteroatoms. The topological polar surface area (TPSA) is 41.1 Å². The molecule has 132 valence electrons. The van der Waals surface area contributed by atoms with E-state index >= 15 is 0 Å². The van der Waals surface area contributed by atoms with Gasteiger partial charge in [-0.25, -0.2) is 4.98 Å². The largest absolute Gasteiger partial charge is 0.356 e. The van der Waals surface area contributed by atoms with Gasteiger partial charge in [-0.05, 0) is 31.6 Å². The molecule has 1 saturated carbocycles. The monoisotopic (exact) mass is 336 g/mol. The molecule has 4 rings (SSSR count). The van der Waals surface area contributed by atoms with E-state index in [1.54, 1.807) is 0 Å². The van der Waals surface area contributed by atoms with Gasteiger partial charge < -0.3 is 10.2 Å². The molecule has 2 aliphatic rings. The second-order valence-corrected chi connectivity index (χ2v) is 7.60. The lowest BCUT2D eigenvalue weighted by atomic mass is 9.99. The van der Waals surface area contributed by atoms with Gasteiger partial charge in [-0.15, -0.1) is 0 Å². The third-order valence-electron chi connectivity index (χ3n) is 5.58. The Hall–Kier alpha value is -2.10. The second kappa shape index (κ2) is 7.42. The smallest absolute Gasteiger partial charge is 0.225 e. The van der Waals surface area contributed by atoms with E-state index in [-0.39, 0.29) is 0 Å². The molecule has 1 N–H and O–H groups in total. The van der Waals surface area contributed by atoms with Crippen LogP contribution in [0.4, 0.5) is 11.8 Å².